The standard InChI is InChI=1S/C25H32F2N4O4/c1-5-20(32)17(9-13-6-7-28-22(13)33)30-24(35)19(12-25(2,3)4)31-23(34)18-10-14-8-15(26)11-16(27)21(14)29-18/h8,10-11,13,17,19,29H,5-7,9,12H2,1-4H3,(H,28,33)(H,30,35)(H,31,34)/t13-,17-,19-/m0/s1. The first-order valence-electron chi connectivity index (χ1n) is 11.8. The number of hydrogen-bond acceptors (Lipinski definition) is 4. The van der Waals surface area contributed by atoms with Crippen LogP contribution >= 0.6 is 0 Å². The molecule has 0 aliphatic carbocycles. The van der Waals surface area contributed by atoms with Gasteiger partial charge in [0.2, 0.25) is 11.8 Å². The van der Waals surface area contributed by atoms with Gasteiger partial charge in [-0.1, -0.05) is 27.7 Å². The number of aromatic amines is 1. The van der Waals surface area contributed by atoms with E-state index in [1.54, 1.807) is 6.92 Å². The molecule has 10 heteroatoms. The molecule has 2 heterocycles. The maximum absolute atomic E-state index is 14.1. The third-order valence-electron chi connectivity index (χ3n) is 6.06. The summed E-state index contributed by atoms with van der Waals surface area (Å²) in [7, 11) is 0. The second-order valence-electron chi connectivity index (χ2n) is 10.2. The lowest BCUT2D eigenvalue weighted by Crippen LogP contribution is -2.53. The first kappa shape index (κ1) is 26.3. The number of fused-ring (bicyclic) bond motifs is 1. The third kappa shape index (κ3) is 6.64. The van der Waals surface area contributed by atoms with Crippen molar-refractivity contribution in [3.05, 3.63) is 35.5 Å². The zero-order chi connectivity index (χ0) is 25.9. The number of aromatic nitrogens is 1. The molecule has 35 heavy (non-hydrogen) atoms. The summed E-state index contributed by atoms with van der Waals surface area (Å²) in [5.74, 6) is -3.53. The van der Waals surface area contributed by atoms with Crippen LogP contribution in [0, 0.1) is 23.0 Å². The van der Waals surface area contributed by atoms with E-state index in [2.05, 4.69) is 20.9 Å². The van der Waals surface area contributed by atoms with Crippen molar-refractivity contribution in [2.24, 2.45) is 11.3 Å². The van der Waals surface area contributed by atoms with Crippen molar-refractivity contribution in [3.8, 4) is 0 Å². The maximum Gasteiger partial charge on any atom is 0.268 e. The predicted octanol–water partition coefficient (Wildman–Crippen LogP) is 2.97. The Hall–Kier alpha value is -3.30. The highest BCUT2D eigenvalue weighted by Crippen LogP contribution is 2.24. The third-order valence-corrected chi connectivity index (χ3v) is 6.06. The summed E-state index contributed by atoms with van der Waals surface area (Å²) in [6.07, 6.45) is 1.21. The Morgan fingerprint density at radius 3 is 2.43 bits per heavy atom. The van der Waals surface area contributed by atoms with Gasteiger partial charge < -0.3 is 20.9 Å². The highest BCUT2D eigenvalue weighted by molar-refractivity contribution is 6.01. The fourth-order valence-corrected chi connectivity index (χ4v) is 4.29. The van der Waals surface area contributed by atoms with Gasteiger partial charge in [-0.25, -0.2) is 8.78 Å². The van der Waals surface area contributed by atoms with Gasteiger partial charge in [0.15, 0.2) is 5.78 Å². The quantitative estimate of drug-likeness (QED) is 0.432. The number of nitrogens with one attached hydrogen (secondary N) is 4. The van der Waals surface area contributed by atoms with Gasteiger partial charge in [0.25, 0.3) is 5.91 Å². The van der Waals surface area contributed by atoms with Crippen LogP contribution in [0.25, 0.3) is 10.9 Å². The van der Waals surface area contributed by atoms with Crippen LogP contribution in [0.5, 0.6) is 0 Å². The van der Waals surface area contributed by atoms with E-state index < -0.39 is 35.5 Å². The van der Waals surface area contributed by atoms with Gasteiger partial charge in [0.05, 0.1) is 11.6 Å². The number of Topliss-reactive ketones (excluding diaryl/α,β-unsaturated/α-hetero) is 1. The molecule has 8 nitrogen and oxygen atoms in total. The number of ketones is 1. The van der Waals surface area contributed by atoms with Crippen molar-refractivity contribution >= 4 is 34.4 Å². The number of hydrogen-bond donors (Lipinski definition) is 4. The van der Waals surface area contributed by atoms with Gasteiger partial charge in [0.1, 0.15) is 23.4 Å². The number of benzene rings is 1. The molecule has 3 rings (SSSR count). The monoisotopic (exact) mass is 490 g/mol. The van der Waals surface area contributed by atoms with Gasteiger partial charge in [-0.3, -0.25) is 19.2 Å². The van der Waals surface area contributed by atoms with Crippen LogP contribution in [0.3, 0.4) is 0 Å². The molecule has 4 N–H and O–H groups in total. The van der Waals surface area contributed by atoms with Crippen molar-refractivity contribution in [2.75, 3.05) is 6.54 Å². The minimum atomic E-state index is -1.000. The van der Waals surface area contributed by atoms with Gasteiger partial charge in [-0.15, -0.1) is 0 Å². The lowest BCUT2D eigenvalue weighted by Gasteiger charge is -2.28. The zero-order valence-electron chi connectivity index (χ0n) is 20.4. The van der Waals surface area contributed by atoms with Crippen LogP contribution in [-0.4, -0.2) is 47.1 Å². The van der Waals surface area contributed by atoms with Crippen LogP contribution in [0.1, 0.15) is 63.9 Å². The summed E-state index contributed by atoms with van der Waals surface area (Å²) < 4.78 is 27.6. The van der Waals surface area contributed by atoms with Crippen LogP contribution in [0.15, 0.2) is 18.2 Å². The first-order chi connectivity index (χ1) is 16.4. The van der Waals surface area contributed by atoms with Gasteiger partial charge in [0, 0.05) is 30.3 Å². The number of carbonyl (C=O) groups is 4. The molecule has 0 bridgehead atoms. The molecule has 1 aromatic heterocycles. The van der Waals surface area contributed by atoms with Crippen LogP contribution in [0.2, 0.25) is 0 Å². The van der Waals surface area contributed by atoms with Crippen LogP contribution in [0.4, 0.5) is 8.78 Å². The molecular formula is C25H32F2N4O4. The lowest BCUT2D eigenvalue weighted by atomic mass is 9.87. The van der Waals surface area contributed by atoms with Gasteiger partial charge >= 0.3 is 0 Å². The summed E-state index contributed by atoms with van der Waals surface area (Å²) >= 11 is 0. The minimum Gasteiger partial charge on any atom is -0.356 e. The molecule has 1 fully saturated rings. The summed E-state index contributed by atoms with van der Waals surface area (Å²) in [6, 6.07) is 1.27. The Bertz CT molecular complexity index is 1140. The van der Waals surface area contributed by atoms with Crippen molar-refractivity contribution in [3.63, 3.8) is 0 Å². The summed E-state index contributed by atoms with van der Waals surface area (Å²) in [5.41, 5.74) is -0.405. The van der Waals surface area contributed by atoms with E-state index in [0.29, 0.717) is 19.0 Å². The zero-order valence-corrected chi connectivity index (χ0v) is 20.4. The molecule has 3 atom stereocenters. The van der Waals surface area contributed by atoms with Crippen molar-refractivity contribution in [1.29, 1.82) is 0 Å². The highest BCUT2D eigenvalue weighted by Gasteiger charge is 2.34. The molecule has 1 saturated heterocycles. The van der Waals surface area contributed by atoms with E-state index in [1.807, 2.05) is 20.8 Å². The Kier molecular flexibility index (Phi) is 7.92. The van der Waals surface area contributed by atoms with Crippen molar-refractivity contribution in [1.82, 2.24) is 20.9 Å². The topological polar surface area (TPSA) is 120 Å². The van der Waals surface area contributed by atoms with Crippen molar-refractivity contribution < 1.29 is 28.0 Å². The minimum absolute atomic E-state index is 0.0168. The SMILES string of the molecule is CCC(=O)[C@H](C[C@@H]1CCNC1=O)NC(=O)[C@H](CC(C)(C)C)NC(=O)c1cc2cc(F)cc(F)c2[nH]1. The molecule has 0 unspecified atom stereocenters. The summed E-state index contributed by atoms with van der Waals surface area (Å²) in [6.45, 7) is 7.92. The molecule has 1 aromatic carbocycles. The second kappa shape index (κ2) is 10.5. The fraction of sp³-hybridized carbons (Fsp3) is 0.520. The highest BCUT2D eigenvalue weighted by atomic mass is 19.1. The predicted molar refractivity (Wildman–Crippen MR) is 127 cm³/mol. The molecule has 1 aliphatic rings. The average molecular weight is 491 g/mol. The molecule has 3 amide bonds. The van der Waals surface area contributed by atoms with E-state index >= 15 is 0 Å². The number of amides is 3. The largest absolute Gasteiger partial charge is 0.356 e. The second-order valence-corrected chi connectivity index (χ2v) is 10.2. The summed E-state index contributed by atoms with van der Waals surface area (Å²) in [4.78, 5) is 53.4. The molecule has 0 radical (unpaired) electrons. The number of H-pyrrole nitrogens is 1. The van der Waals surface area contributed by atoms with E-state index in [1.165, 1.54) is 6.07 Å². The normalized spacial score (nSPS) is 17.7. The molecule has 0 saturated carbocycles. The van der Waals surface area contributed by atoms with E-state index in [0.717, 1.165) is 6.07 Å². The van der Waals surface area contributed by atoms with Gasteiger partial charge in [-0.05, 0) is 36.8 Å². The molecule has 1 aliphatic heterocycles. The number of halogens is 2. The fourth-order valence-electron chi connectivity index (χ4n) is 4.29. The Labute approximate surface area is 202 Å². The Morgan fingerprint density at radius 1 is 1.11 bits per heavy atom. The first-order valence-corrected chi connectivity index (χ1v) is 11.8. The van der Waals surface area contributed by atoms with Gasteiger partial charge in [-0.2, -0.15) is 0 Å². The van der Waals surface area contributed by atoms with E-state index in [9.17, 15) is 28.0 Å². The number of rotatable bonds is 9. The van der Waals surface area contributed by atoms with Crippen LogP contribution < -0.4 is 16.0 Å². The smallest absolute Gasteiger partial charge is 0.268 e. The lowest BCUT2D eigenvalue weighted by molar-refractivity contribution is -0.130. The van der Waals surface area contributed by atoms with E-state index in [-0.39, 0.29) is 58.9 Å². The Morgan fingerprint density at radius 2 is 1.83 bits per heavy atom. The molecule has 190 valence electrons. The molecule has 0 spiro atoms. The van der Waals surface area contributed by atoms with Crippen LogP contribution in [-0.2, 0) is 14.4 Å². The Balaban J connectivity index is 1.79. The maximum atomic E-state index is 14.1. The summed E-state index contributed by atoms with van der Waals surface area (Å²) in [5, 5.41) is 8.31. The number of carbonyl (C=O) groups excluding carboxylic acids is 4. The van der Waals surface area contributed by atoms with Crippen molar-refractivity contribution in [2.45, 2.75) is 65.5 Å². The average Bonchev–Trinajstić information content (AvgIpc) is 3.37. The molecule has 2 aromatic rings. The molecular weight excluding hydrogens is 458 g/mol. The van der Waals surface area contributed by atoms with E-state index in [4.69, 9.17) is 0 Å².